The highest BCUT2D eigenvalue weighted by molar-refractivity contribution is 5.94. The number of benzene rings is 1. The van der Waals surface area contributed by atoms with Gasteiger partial charge in [-0.2, -0.15) is 0 Å². The van der Waals surface area contributed by atoms with Crippen molar-refractivity contribution in [3.8, 4) is 0 Å². The molecule has 3 amide bonds. The van der Waals surface area contributed by atoms with Gasteiger partial charge in [-0.05, 0) is 42.2 Å². The number of nitrogens with two attached hydrogens (primary N) is 1. The first-order valence-corrected chi connectivity index (χ1v) is 9.72. The van der Waals surface area contributed by atoms with Crippen molar-refractivity contribution in [1.82, 2.24) is 15.6 Å². The number of urea groups is 1. The second kappa shape index (κ2) is 9.73. The third kappa shape index (κ3) is 5.70. The van der Waals surface area contributed by atoms with E-state index in [4.69, 9.17) is 5.73 Å². The predicted octanol–water partition coefficient (Wildman–Crippen LogP) is 2.56. The molecule has 0 spiro atoms. The van der Waals surface area contributed by atoms with Crippen LogP contribution < -0.4 is 21.3 Å². The van der Waals surface area contributed by atoms with Crippen LogP contribution in [-0.2, 0) is 13.1 Å². The van der Waals surface area contributed by atoms with Crippen molar-refractivity contribution in [1.29, 1.82) is 0 Å². The van der Waals surface area contributed by atoms with E-state index in [1.54, 1.807) is 24.3 Å². The molecule has 148 valence electrons. The molecule has 1 aliphatic heterocycles. The van der Waals surface area contributed by atoms with E-state index in [9.17, 15) is 9.59 Å². The zero-order chi connectivity index (χ0) is 19.8. The highest BCUT2D eigenvalue weighted by Crippen LogP contribution is 2.17. The van der Waals surface area contributed by atoms with Crippen LogP contribution >= 0.6 is 0 Å². The number of amides is 3. The fraction of sp³-hybridized carbons (Fsp3) is 0.381. The minimum Gasteiger partial charge on any atom is -0.357 e. The van der Waals surface area contributed by atoms with Gasteiger partial charge in [0.1, 0.15) is 5.82 Å². The molecule has 1 aromatic carbocycles. The van der Waals surface area contributed by atoms with Gasteiger partial charge in [0.05, 0.1) is 0 Å². The molecule has 0 radical (unpaired) electrons. The van der Waals surface area contributed by atoms with Gasteiger partial charge < -0.3 is 21.3 Å². The lowest BCUT2D eigenvalue weighted by molar-refractivity contribution is 0.0951. The molecule has 28 heavy (non-hydrogen) atoms. The fourth-order valence-electron chi connectivity index (χ4n) is 3.26. The molecule has 4 N–H and O–H groups in total. The minimum absolute atomic E-state index is 0.147. The highest BCUT2D eigenvalue weighted by Gasteiger charge is 2.11. The molecule has 0 saturated carbocycles. The van der Waals surface area contributed by atoms with E-state index in [1.165, 1.54) is 25.7 Å². The molecule has 0 unspecified atom stereocenters. The van der Waals surface area contributed by atoms with Crippen LogP contribution in [-0.4, -0.2) is 30.0 Å². The maximum atomic E-state index is 12.3. The summed E-state index contributed by atoms with van der Waals surface area (Å²) in [6.07, 6.45) is 6.86. The normalized spacial score (nSPS) is 14.2. The summed E-state index contributed by atoms with van der Waals surface area (Å²) >= 11 is 0. The lowest BCUT2D eigenvalue weighted by Gasteiger charge is -2.21. The second-order valence-electron chi connectivity index (χ2n) is 7.02. The molecule has 1 saturated heterocycles. The molecule has 0 atom stereocenters. The zero-order valence-corrected chi connectivity index (χ0v) is 16.0. The van der Waals surface area contributed by atoms with Crippen LogP contribution in [0.4, 0.5) is 10.6 Å². The van der Waals surface area contributed by atoms with Crippen molar-refractivity contribution >= 4 is 17.8 Å². The molecule has 1 aliphatic rings. The Morgan fingerprint density at radius 1 is 0.893 bits per heavy atom. The van der Waals surface area contributed by atoms with Crippen LogP contribution in [0.25, 0.3) is 0 Å². The topological polar surface area (TPSA) is 100 Å². The Morgan fingerprint density at radius 2 is 1.54 bits per heavy atom. The summed E-state index contributed by atoms with van der Waals surface area (Å²) in [7, 11) is 0. The largest absolute Gasteiger partial charge is 0.357 e. The van der Waals surface area contributed by atoms with E-state index in [0.29, 0.717) is 18.7 Å². The maximum absolute atomic E-state index is 12.3. The van der Waals surface area contributed by atoms with Crippen molar-refractivity contribution in [2.24, 2.45) is 5.73 Å². The molecular formula is C21H27N5O2. The fourth-order valence-corrected chi connectivity index (χ4v) is 3.26. The smallest absolute Gasteiger partial charge is 0.312 e. The van der Waals surface area contributed by atoms with E-state index in [-0.39, 0.29) is 5.91 Å². The Balaban J connectivity index is 1.50. The van der Waals surface area contributed by atoms with Gasteiger partial charge in [-0.15, -0.1) is 0 Å². The summed E-state index contributed by atoms with van der Waals surface area (Å²) < 4.78 is 0. The lowest BCUT2D eigenvalue weighted by Crippen LogP contribution is -2.28. The van der Waals surface area contributed by atoms with Gasteiger partial charge in [-0.25, -0.2) is 9.78 Å². The van der Waals surface area contributed by atoms with E-state index in [0.717, 1.165) is 30.0 Å². The average Bonchev–Trinajstić information content (AvgIpc) is 3.01. The number of anilines is 1. The molecule has 3 rings (SSSR count). The molecular weight excluding hydrogens is 354 g/mol. The van der Waals surface area contributed by atoms with Crippen LogP contribution in [0.5, 0.6) is 0 Å². The SMILES string of the molecule is NC(=O)NCc1ccc(C(=O)NCc2ccc(N3CCCCCC3)nc2)cc1. The third-order valence-corrected chi connectivity index (χ3v) is 4.88. The number of hydrogen-bond acceptors (Lipinski definition) is 4. The number of primary amides is 1. The van der Waals surface area contributed by atoms with Crippen molar-refractivity contribution in [2.45, 2.75) is 38.8 Å². The van der Waals surface area contributed by atoms with Gasteiger partial charge in [-0.1, -0.05) is 31.0 Å². The lowest BCUT2D eigenvalue weighted by atomic mass is 10.1. The van der Waals surface area contributed by atoms with Gasteiger partial charge in [0, 0.05) is 37.9 Å². The molecule has 1 fully saturated rings. The first kappa shape index (κ1) is 19.7. The number of nitrogens with one attached hydrogen (secondary N) is 2. The van der Waals surface area contributed by atoms with Crippen LogP contribution in [0.3, 0.4) is 0 Å². The molecule has 7 heteroatoms. The highest BCUT2D eigenvalue weighted by atomic mass is 16.2. The Bertz CT molecular complexity index is 781. The summed E-state index contributed by atoms with van der Waals surface area (Å²) in [5.41, 5.74) is 7.46. The summed E-state index contributed by atoms with van der Waals surface area (Å²) in [5, 5.41) is 5.43. The number of nitrogens with zero attached hydrogens (tertiary/aromatic N) is 2. The van der Waals surface area contributed by atoms with E-state index < -0.39 is 6.03 Å². The Kier molecular flexibility index (Phi) is 6.84. The molecule has 2 heterocycles. The third-order valence-electron chi connectivity index (χ3n) is 4.88. The molecule has 1 aromatic heterocycles. The molecule has 7 nitrogen and oxygen atoms in total. The van der Waals surface area contributed by atoms with Crippen LogP contribution in [0, 0.1) is 0 Å². The van der Waals surface area contributed by atoms with Crippen molar-refractivity contribution in [3.63, 3.8) is 0 Å². The van der Waals surface area contributed by atoms with Gasteiger partial charge in [0.25, 0.3) is 5.91 Å². The first-order chi connectivity index (χ1) is 13.6. The summed E-state index contributed by atoms with van der Waals surface area (Å²) in [6, 6.07) is 10.5. The van der Waals surface area contributed by atoms with Crippen molar-refractivity contribution < 1.29 is 9.59 Å². The number of rotatable bonds is 6. The summed E-state index contributed by atoms with van der Waals surface area (Å²) in [4.78, 5) is 30.0. The number of carbonyl (C=O) groups excluding carboxylic acids is 2. The standard InChI is InChI=1S/C21H27N5O2/c22-21(28)25-13-16-5-8-18(9-6-16)20(27)24-15-17-7-10-19(23-14-17)26-11-3-1-2-4-12-26/h5-10,14H,1-4,11-13,15H2,(H,24,27)(H3,22,25,28). The molecule has 0 aliphatic carbocycles. The predicted molar refractivity (Wildman–Crippen MR) is 109 cm³/mol. The number of pyridine rings is 1. The molecule has 0 bridgehead atoms. The van der Waals surface area contributed by atoms with Crippen molar-refractivity contribution in [2.75, 3.05) is 18.0 Å². The number of hydrogen-bond donors (Lipinski definition) is 3. The van der Waals surface area contributed by atoms with Gasteiger partial charge in [-0.3, -0.25) is 4.79 Å². The Hall–Kier alpha value is -3.09. The average molecular weight is 381 g/mol. The van der Waals surface area contributed by atoms with E-state index >= 15 is 0 Å². The van der Waals surface area contributed by atoms with Gasteiger partial charge in [0.2, 0.25) is 0 Å². The Morgan fingerprint density at radius 3 is 2.14 bits per heavy atom. The second-order valence-corrected chi connectivity index (χ2v) is 7.02. The van der Waals surface area contributed by atoms with Crippen LogP contribution in [0.1, 0.15) is 47.2 Å². The number of aromatic nitrogens is 1. The van der Waals surface area contributed by atoms with E-state index in [1.807, 2.05) is 18.3 Å². The van der Waals surface area contributed by atoms with E-state index in [2.05, 4.69) is 20.5 Å². The summed E-state index contributed by atoms with van der Waals surface area (Å²) in [6.45, 7) is 2.89. The number of carbonyl (C=O) groups is 2. The van der Waals surface area contributed by atoms with Crippen LogP contribution in [0.2, 0.25) is 0 Å². The Labute approximate surface area is 165 Å². The molecule has 2 aromatic rings. The van der Waals surface area contributed by atoms with Crippen LogP contribution in [0.15, 0.2) is 42.6 Å². The summed E-state index contributed by atoms with van der Waals surface area (Å²) in [5.74, 6) is 0.864. The maximum Gasteiger partial charge on any atom is 0.312 e. The monoisotopic (exact) mass is 381 g/mol. The quantitative estimate of drug-likeness (QED) is 0.716. The van der Waals surface area contributed by atoms with Crippen molar-refractivity contribution in [3.05, 3.63) is 59.3 Å². The minimum atomic E-state index is -0.572. The zero-order valence-electron chi connectivity index (χ0n) is 16.0. The van der Waals surface area contributed by atoms with Gasteiger partial charge >= 0.3 is 6.03 Å². The van der Waals surface area contributed by atoms with Gasteiger partial charge in [0.15, 0.2) is 0 Å². The first-order valence-electron chi connectivity index (χ1n) is 9.72.